The van der Waals surface area contributed by atoms with Gasteiger partial charge in [-0.25, -0.2) is 23.1 Å². The molecule has 0 spiro atoms. The van der Waals surface area contributed by atoms with Crippen LogP contribution in [0.2, 0.25) is 0 Å². The summed E-state index contributed by atoms with van der Waals surface area (Å²) in [6.45, 7) is 2.36. The van der Waals surface area contributed by atoms with Crippen LogP contribution in [0.25, 0.3) is 10.2 Å². The van der Waals surface area contributed by atoms with Gasteiger partial charge in [-0.2, -0.15) is 0 Å². The highest BCUT2D eigenvalue weighted by Gasteiger charge is 2.25. The first-order valence-corrected chi connectivity index (χ1v) is 10.9. The van der Waals surface area contributed by atoms with Gasteiger partial charge >= 0.3 is 0 Å². The van der Waals surface area contributed by atoms with E-state index in [1.54, 1.807) is 11.8 Å². The van der Waals surface area contributed by atoms with E-state index >= 15 is 0 Å². The number of piperidine rings is 1. The quantitative estimate of drug-likeness (QED) is 0.546. The van der Waals surface area contributed by atoms with Crippen molar-refractivity contribution >= 4 is 39.0 Å². The lowest BCUT2D eigenvalue weighted by Gasteiger charge is -2.33. The van der Waals surface area contributed by atoms with Gasteiger partial charge in [-0.3, -0.25) is 9.69 Å². The van der Waals surface area contributed by atoms with E-state index in [1.807, 2.05) is 0 Å². The number of nitrogens with two attached hydrogens (primary N) is 1. The van der Waals surface area contributed by atoms with Crippen molar-refractivity contribution in [1.29, 1.82) is 0 Å². The summed E-state index contributed by atoms with van der Waals surface area (Å²) in [6.07, 6.45) is -0.0109. The second kappa shape index (κ2) is 9.29. The van der Waals surface area contributed by atoms with Crippen molar-refractivity contribution in [3.05, 3.63) is 40.8 Å². The van der Waals surface area contributed by atoms with Crippen LogP contribution < -0.4 is 15.8 Å². The minimum absolute atomic E-state index is 0.253. The van der Waals surface area contributed by atoms with Crippen molar-refractivity contribution in [2.24, 2.45) is 5.73 Å². The number of anilines is 2. The fraction of sp³-hybridized carbons (Fsp3) is 0.381. The van der Waals surface area contributed by atoms with Crippen LogP contribution in [0.1, 0.15) is 28.1 Å². The van der Waals surface area contributed by atoms with Gasteiger partial charge in [0.15, 0.2) is 0 Å². The largest absolute Gasteiger partial charge is 0.487 e. The zero-order valence-corrected chi connectivity index (χ0v) is 18.1. The molecule has 0 unspecified atom stereocenters. The molecule has 3 aromatic rings. The van der Waals surface area contributed by atoms with Gasteiger partial charge < -0.3 is 15.8 Å². The number of hydrogen-bond acceptors (Lipinski definition) is 7. The Kier molecular flexibility index (Phi) is 6.47. The van der Waals surface area contributed by atoms with E-state index in [1.165, 1.54) is 35.9 Å². The van der Waals surface area contributed by atoms with E-state index in [0.717, 1.165) is 0 Å². The lowest BCUT2D eigenvalue weighted by atomic mass is 10.1. The van der Waals surface area contributed by atoms with E-state index in [0.29, 0.717) is 58.1 Å². The molecule has 4 rings (SSSR count). The molecule has 0 bridgehead atoms. The minimum Gasteiger partial charge on any atom is -0.487 e. The molecule has 1 amide bonds. The van der Waals surface area contributed by atoms with Crippen LogP contribution in [0.5, 0.6) is 5.75 Å². The summed E-state index contributed by atoms with van der Waals surface area (Å²) in [6, 6.07) is 4.06. The summed E-state index contributed by atoms with van der Waals surface area (Å²) >= 11 is 1.17. The fourth-order valence-corrected chi connectivity index (χ4v) is 4.88. The predicted molar refractivity (Wildman–Crippen MR) is 116 cm³/mol. The van der Waals surface area contributed by atoms with E-state index in [9.17, 15) is 18.0 Å². The lowest BCUT2D eigenvalue weighted by Crippen LogP contribution is -2.43. The molecule has 1 aliphatic rings. The molecule has 1 atom stereocenters. The number of alkyl halides is 2. The first kappa shape index (κ1) is 22.3. The summed E-state index contributed by atoms with van der Waals surface area (Å²) < 4.78 is 45.6. The molecule has 0 aliphatic carbocycles. The highest BCUT2D eigenvalue weighted by Crippen LogP contribution is 2.36. The number of halogens is 3. The number of thiophene rings is 1. The second-order valence-electron chi connectivity index (χ2n) is 7.62. The van der Waals surface area contributed by atoms with Gasteiger partial charge in [-0.1, -0.05) is 0 Å². The van der Waals surface area contributed by atoms with Gasteiger partial charge in [0.25, 0.3) is 12.3 Å². The van der Waals surface area contributed by atoms with Gasteiger partial charge in [0.2, 0.25) is 0 Å². The monoisotopic (exact) mass is 465 g/mol. The summed E-state index contributed by atoms with van der Waals surface area (Å²) in [5.41, 5.74) is 6.57. The normalized spacial score (nSPS) is 17.1. The van der Waals surface area contributed by atoms with Crippen LogP contribution in [0.15, 0.2) is 24.5 Å². The molecule has 1 aliphatic heterocycles. The number of likely N-dealkylation sites (tertiary alicyclic amines) is 1. The standard InChI is InChI=1S/C21H22F3N5O2S/c1-11-17-20(26-10-27-21(17)32-18(11)19(25)30)28-14-5-4-12(22)7-15(14)31-13-3-2-6-29(8-13)9-16(23)24/h4-5,7,10,13,16H,2-3,6,8-9H2,1H3,(H2,25,30)(H,26,27,28)/t13-/m1/s1. The first-order chi connectivity index (χ1) is 15.3. The smallest absolute Gasteiger partial charge is 0.259 e. The SMILES string of the molecule is Cc1c(C(N)=O)sc2ncnc(Nc3ccc(F)cc3O[C@@H]3CCCN(CC(F)F)C3)c12. The third-order valence-electron chi connectivity index (χ3n) is 5.30. The number of carbonyl (C=O) groups excluding carboxylic acids is 1. The second-order valence-corrected chi connectivity index (χ2v) is 8.62. The van der Waals surface area contributed by atoms with Crippen LogP contribution in [-0.2, 0) is 0 Å². The summed E-state index contributed by atoms with van der Waals surface area (Å²) in [4.78, 5) is 22.8. The topological polar surface area (TPSA) is 93.4 Å². The molecule has 0 radical (unpaired) electrons. The lowest BCUT2D eigenvalue weighted by molar-refractivity contribution is 0.0384. The first-order valence-electron chi connectivity index (χ1n) is 10.1. The summed E-state index contributed by atoms with van der Waals surface area (Å²) in [7, 11) is 0. The number of amides is 1. The van der Waals surface area contributed by atoms with Crippen molar-refractivity contribution in [3.63, 3.8) is 0 Å². The summed E-state index contributed by atoms with van der Waals surface area (Å²) in [5.74, 6) is -0.353. The molecule has 3 heterocycles. The molecule has 32 heavy (non-hydrogen) atoms. The highest BCUT2D eigenvalue weighted by molar-refractivity contribution is 7.20. The third kappa shape index (κ3) is 4.78. The Hall–Kier alpha value is -2.92. The number of carbonyl (C=O) groups is 1. The van der Waals surface area contributed by atoms with Crippen LogP contribution in [0.4, 0.5) is 24.7 Å². The van der Waals surface area contributed by atoms with E-state index in [2.05, 4.69) is 15.3 Å². The maximum Gasteiger partial charge on any atom is 0.259 e. The van der Waals surface area contributed by atoms with Gasteiger partial charge in [0.05, 0.1) is 22.5 Å². The molecule has 3 N–H and O–H groups in total. The highest BCUT2D eigenvalue weighted by atomic mass is 32.1. The molecular formula is C21H22F3N5O2S. The molecule has 11 heteroatoms. The summed E-state index contributed by atoms with van der Waals surface area (Å²) in [5, 5.41) is 3.79. The molecule has 1 fully saturated rings. The molecule has 170 valence electrons. The molecule has 7 nitrogen and oxygen atoms in total. The van der Waals surface area contributed by atoms with Crippen molar-refractivity contribution in [1.82, 2.24) is 14.9 Å². The van der Waals surface area contributed by atoms with Gasteiger partial charge in [-0.15, -0.1) is 11.3 Å². The van der Waals surface area contributed by atoms with Crippen LogP contribution in [0, 0.1) is 12.7 Å². The number of fused-ring (bicyclic) bond motifs is 1. The zero-order valence-electron chi connectivity index (χ0n) is 17.3. The Morgan fingerprint density at radius 3 is 2.97 bits per heavy atom. The van der Waals surface area contributed by atoms with Gasteiger partial charge in [0.1, 0.15) is 34.6 Å². The van der Waals surface area contributed by atoms with Crippen molar-refractivity contribution < 1.29 is 22.7 Å². The van der Waals surface area contributed by atoms with E-state index in [4.69, 9.17) is 10.5 Å². The maximum absolute atomic E-state index is 14.0. The zero-order chi connectivity index (χ0) is 22.8. The van der Waals surface area contributed by atoms with Gasteiger partial charge in [-0.05, 0) is 44.0 Å². The average Bonchev–Trinajstić information content (AvgIpc) is 3.08. The Bertz CT molecular complexity index is 1140. The number of nitrogens with zero attached hydrogens (tertiary/aromatic N) is 3. The fourth-order valence-electron chi connectivity index (χ4n) is 3.88. The maximum atomic E-state index is 14.0. The number of nitrogens with one attached hydrogen (secondary N) is 1. The number of benzene rings is 1. The number of hydrogen-bond donors (Lipinski definition) is 2. The third-order valence-corrected chi connectivity index (χ3v) is 6.51. The number of ether oxygens (including phenoxy) is 1. The predicted octanol–water partition coefficient (Wildman–Crippen LogP) is 4.09. The van der Waals surface area contributed by atoms with Crippen LogP contribution in [-0.4, -0.2) is 52.9 Å². The number of rotatable bonds is 7. The Morgan fingerprint density at radius 1 is 1.41 bits per heavy atom. The van der Waals surface area contributed by atoms with Crippen molar-refractivity contribution in [2.75, 3.05) is 25.0 Å². The van der Waals surface area contributed by atoms with E-state index < -0.39 is 18.1 Å². The average molecular weight is 466 g/mol. The molecule has 1 aromatic carbocycles. The Balaban J connectivity index is 1.61. The van der Waals surface area contributed by atoms with Crippen molar-refractivity contribution in [3.8, 4) is 5.75 Å². The number of aryl methyl sites for hydroxylation is 1. The Labute approximate surface area is 186 Å². The number of primary amides is 1. The molecule has 1 saturated heterocycles. The van der Waals surface area contributed by atoms with Crippen LogP contribution in [0.3, 0.4) is 0 Å². The van der Waals surface area contributed by atoms with Crippen molar-refractivity contribution in [2.45, 2.75) is 32.3 Å². The molecular weight excluding hydrogens is 443 g/mol. The Morgan fingerprint density at radius 2 is 2.22 bits per heavy atom. The number of aromatic nitrogens is 2. The molecule has 0 saturated carbocycles. The van der Waals surface area contributed by atoms with E-state index in [-0.39, 0.29) is 18.4 Å². The molecule has 2 aromatic heterocycles. The van der Waals surface area contributed by atoms with Gasteiger partial charge in [0, 0.05) is 12.6 Å². The van der Waals surface area contributed by atoms with Crippen LogP contribution >= 0.6 is 11.3 Å². The minimum atomic E-state index is -2.42.